The molecule has 0 saturated carbocycles. The number of carbonyl (C=O) groups excluding carboxylic acids is 10. The number of methoxy groups -OCH3 is 1. The lowest BCUT2D eigenvalue weighted by molar-refractivity contribution is -0.156. The number of pyridine rings is 1. The molecular weight excluding hydrogens is 1250 g/mol. The fourth-order valence-corrected chi connectivity index (χ4v) is 8.84. The molecule has 0 aliphatic carbocycles. The van der Waals surface area contributed by atoms with Crippen LogP contribution in [0.4, 0.5) is 4.39 Å². The van der Waals surface area contributed by atoms with Gasteiger partial charge in [-0.05, 0) is 57.7 Å². The number of nitrogens with zero attached hydrogens (tertiary/aromatic N) is 4. The molecule has 36 nitrogen and oxygen atoms in total. The van der Waals surface area contributed by atoms with Gasteiger partial charge in [-0.25, -0.2) is 9.37 Å². The van der Waals surface area contributed by atoms with Crippen LogP contribution in [0.1, 0.15) is 78.4 Å². The number of ether oxygens (including phenoxy) is 1. The minimum Gasteiger partial charge on any atom is -0.503 e. The number of hydrogen-bond donors (Lipinski definition) is 20. The number of aromatic hydroxyl groups is 1. The standard InChI is InChI=1S/C57H86FN13O23/c1-26(74)39(78)50(86)66-38(40(79)33-19-59-25-69(33)9)49(85)61-20-36(94-11)41(80)42(81)54(90)70(10)32(16-27-12-14-28(58)15-13-27)48(84)62-21-37(77)65-44(56(5,6)91)52(88)64-31(24-73)47(83)68-45(57(7,8)92)53(89)67-43(55(2,3)4)51(87)63-30(23-72)46(82)60-18-29-17-34(75)35(76)22-71(29)93/h12-15,17,19,22,25-26,30-32,36,38-45,72-74,76,78-81,91-93H,16,18,20-21,23-24H2,1-11H3,(H,60,82)(H,61,85)(H,62,84)(H,63,87)(H,64,88)(H,65,77)(H,66,86)(H,67,89)(H,68,83)/t26-,30-,31-,32-,36-,38+,39+,40+,41-,42-,43+,44+,45+/m0/s1. The highest BCUT2D eigenvalue weighted by atomic mass is 19.1. The molecule has 524 valence electrons. The zero-order valence-electron chi connectivity index (χ0n) is 53.4. The Hall–Kier alpha value is -8.79. The number of likely N-dealkylation sites (N-methyl/N-ethyl adjacent to an activating group) is 1. The maximum absolute atomic E-state index is 14.0. The van der Waals surface area contributed by atoms with E-state index in [0.29, 0.717) is 15.8 Å². The molecule has 0 aliphatic rings. The summed E-state index contributed by atoms with van der Waals surface area (Å²) in [5.41, 5.74) is -6.52. The van der Waals surface area contributed by atoms with Crippen molar-refractivity contribution in [2.24, 2.45) is 12.5 Å². The van der Waals surface area contributed by atoms with Gasteiger partial charge in [-0.1, -0.05) is 32.9 Å². The second kappa shape index (κ2) is 34.4. The average molecular weight is 1340 g/mol. The van der Waals surface area contributed by atoms with Crippen LogP contribution in [0.25, 0.3) is 0 Å². The largest absolute Gasteiger partial charge is 0.503 e. The third-order valence-electron chi connectivity index (χ3n) is 14.5. The van der Waals surface area contributed by atoms with Crippen LogP contribution in [0.15, 0.2) is 53.8 Å². The maximum Gasteiger partial charge on any atom is 0.254 e. The minimum absolute atomic E-state index is 0.00473. The van der Waals surface area contributed by atoms with E-state index in [0.717, 1.165) is 67.0 Å². The van der Waals surface area contributed by atoms with Gasteiger partial charge in [0.05, 0.1) is 73.7 Å². The number of imidazole rings is 1. The third kappa shape index (κ3) is 22.5. The molecule has 3 rings (SSSR count). The Morgan fingerprint density at radius 2 is 1.22 bits per heavy atom. The summed E-state index contributed by atoms with van der Waals surface area (Å²) in [6, 6.07) is -7.63. The minimum atomic E-state index is -2.46. The van der Waals surface area contributed by atoms with Crippen LogP contribution >= 0.6 is 0 Å². The van der Waals surface area contributed by atoms with Crippen molar-refractivity contribution in [2.75, 3.05) is 40.5 Å². The van der Waals surface area contributed by atoms with Gasteiger partial charge in [-0.2, -0.15) is 4.73 Å². The highest BCUT2D eigenvalue weighted by Gasteiger charge is 2.44. The van der Waals surface area contributed by atoms with Crippen LogP contribution in [0.2, 0.25) is 0 Å². The number of hydrogen-bond acceptors (Lipinski definition) is 24. The number of nitrogens with one attached hydrogen (secondary N) is 9. The van der Waals surface area contributed by atoms with E-state index in [1.54, 1.807) is 0 Å². The SMILES string of the molecule is CO[C@@H](CNC(=O)[C@H](NC(=O)[C@H](O)[C@H](C)O)[C@H](O)c1cncn1C)[C@H](O)[C@H](O)C(=O)N(C)[C@@H](Cc1ccc(F)cc1)C(=O)NCC(=O)N[C@H](C(=O)N[C@@H](CO)C(=O)N[C@H](C(=O)N[C@H](C(=O)N[C@@H](CO)C(=O)NCc1cc(=O)c(O)cn1O)C(C)(C)C)C(C)(C)O)C(C)(C)O. The molecule has 37 heteroatoms. The molecule has 1 aromatic carbocycles. The van der Waals surface area contributed by atoms with Crippen molar-refractivity contribution in [1.82, 2.24) is 67.0 Å². The van der Waals surface area contributed by atoms with Crippen LogP contribution < -0.4 is 53.3 Å². The smallest absolute Gasteiger partial charge is 0.254 e. The lowest BCUT2D eigenvalue weighted by atomic mass is 9.85. The Labute approximate surface area is 537 Å². The highest BCUT2D eigenvalue weighted by molar-refractivity contribution is 5.98. The lowest BCUT2D eigenvalue weighted by Gasteiger charge is -2.36. The zero-order valence-corrected chi connectivity index (χ0v) is 53.4. The first-order valence-electron chi connectivity index (χ1n) is 28.9. The maximum atomic E-state index is 14.0. The van der Waals surface area contributed by atoms with E-state index in [1.165, 1.54) is 57.0 Å². The highest BCUT2D eigenvalue weighted by Crippen LogP contribution is 2.22. The summed E-state index contributed by atoms with van der Waals surface area (Å²) in [5, 5.41) is 136. The zero-order chi connectivity index (χ0) is 71.7. The van der Waals surface area contributed by atoms with Crippen molar-refractivity contribution >= 4 is 59.1 Å². The number of aryl methyl sites for hydroxylation is 1. The summed E-state index contributed by atoms with van der Waals surface area (Å²) in [5.74, 6) is -13.7. The van der Waals surface area contributed by atoms with E-state index in [-0.39, 0.29) is 17.0 Å². The molecule has 20 N–H and O–H groups in total. The van der Waals surface area contributed by atoms with E-state index in [9.17, 15) is 113 Å². The molecule has 94 heavy (non-hydrogen) atoms. The van der Waals surface area contributed by atoms with Crippen LogP contribution in [0, 0.1) is 11.2 Å². The quantitative estimate of drug-likeness (QED) is 0.0247. The number of aliphatic hydroxyl groups excluding tert-OH is 7. The van der Waals surface area contributed by atoms with Gasteiger partial charge in [0.1, 0.15) is 66.4 Å². The van der Waals surface area contributed by atoms with Gasteiger partial charge in [0.15, 0.2) is 18.0 Å². The second-order valence-electron chi connectivity index (χ2n) is 24.1. The number of carbonyl (C=O) groups is 10. The van der Waals surface area contributed by atoms with Crippen LogP contribution in [0.5, 0.6) is 5.75 Å². The fraction of sp³-hybridized carbons (Fsp3) is 0.579. The third-order valence-corrected chi connectivity index (χ3v) is 14.5. The lowest BCUT2D eigenvalue weighted by Crippen LogP contribution is -2.66. The van der Waals surface area contributed by atoms with Crippen molar-refractivity contribution in [2.45, 2.75) is 158 Å². The Bertz CT molecular complexity index is 3200. The number of aromatic nitrogens is 3. The number of halogens is 1. The number of amides is 10. The summed E-state index contributed by atoms with van der Waals surface area (Å²) < 4.78 is 20.9. The van der Waals surface area contributed by atoms with Gasteiger partial charge in [-0.15, -0.1) is 0 Å². The monoisotopic (exact) mass is 1340 g/mol. The molecule has 3 aromatic rings. The molecule has 2 heterocycles. The summed E-state index contributed by atoms with van der Waals surface area (Å²) in [6.45, 7) is 5.19. The molecule has 0 fully saturated rings. The second-order valence-corrected chi connectivity index (χ2v) is 24.1. The van der Waals surface area contributed by atoms with E-state index in [2.05, 4.69) is 52.8 Å². The molecular formula is C57H86FN13O23. The number of benzene rings is 1. The summed E-state index contributed by atoms with van der Waals surface area (Å²) in [4.78, 5) is 153. The molecule has 0 radical (unpaired) electrons. The Morgan fingerprint density at radius 3 is 1.73 bits per heavy atom. The van der Waals surface area contributed by atoms with Gasteiger partial charge in [0, 0.05) is 40.2 Å². The molecule has 0 unspecified atom stereocenters. The van der Waals surface area contributed by atoms with E-state index >= 15 is 0 Å². The van der Waals surface area contributed by atoms with Crippen LogP contribution in [-0.4, -0.2) is 259 Å². The number of rotatable bonds is 34. The van der Waals surface area contributed by atoms with Crippen molar-refractivity contribution in [3.05, 3.63) is 82.0 Å². The Balaban J connectivity index is 1.77. The Morgan fingerprint density at radius 1 is 0.691 bits per heavy atom. The first-order chi connectivity index (χ1) is 43.5. The van der Waals surface area contributed by atoms with Gasteiger partial charge < -0.3 is 118 Å². The summed E-state index contributed by atoms with van der Waals surface area (Å²) in [6.07, 6.45) is -9.17. The van der Waals surface area contributed by atoms with Crippen LogP contribution in [0.3, 0.4) is 0 Å². The van der Waals surface area contributed by atoms with E-state index in [1.807, 2.05) is 0 Å². The summed E-state index contributed by atoms with van der Waals surface area (Å²) >= 11 is 0. The average Bonchev–Trinajstić information content (AvgIpc) is 1.08. The van der Waals surface area contributed by atoms with Crippen LogP contribution in [-0.2, 0) is 72.7 Å². The van der Waals surface area contributed by atoms with Gasteiger partial charge in [-0.3, -0.25) is 52.7 Å². The van der Waals surface area contributed by atoms with Gasteiger partial charge >= 0.3 is 0 Å². The Kier molecular flexibility index (Phi) is 29.1. The molecule has 2 aromatic heterocycles. The van der Waals surface area contributed by atoms with Gasteiger partial charge in [0.2, 0.25) is 52.7 Å². The predicted octanol–water partition coefficient (Wildman–Crippen LogP) is -8.72. The molecule has 13 atom stereocenters. The van der Waals surface area contributed by atoms with E-state index < -0.39 is 211 Å². The fourth-order valence-electron chi connectivity index (χ4n) is 8.84. The molecule has 0 bridgehead atoms. The number of aliphatic hydroxyl groups is 9. The molecule has 10 amide bonds. The topological polar surface area (TPSA) is 554 Å². The van der Waals surface area contributed by atoms with E-state index in [4.69, 9.17) is 4.74 Å². The molecule has 0 saturated heterocycles. The van der Waals surface area contributed by atoms with Gasteiger partial charge in [0.25, 0.3) is 11.8 Å². The van der Waals surface area contributed by atoms with Crippen molar-refractivity contribution in [3.8, 4) is 5.75 Å². The first-order valence-corrected chi connectivity index (χ1v) is 28.9. The first kappa shape index (κ1) is 79.4. The predicted molar refractivity (Wildman–Crippen MR) is 321 cm³/mol. The normalized spacial score (nSPS) is 16.0. The molecule has 0 spiro atoms. The molecule has 0 aliphatic heterocycles. The van der Waals surface area contributed by atoms with Crippen molar-refractivity contribution in [1.29, 1.82) is 0 Å². The van der Waals surface area contributed by atoms with Crippen molar-refractivity contribution < 1.29 is 113 Å². The summed E-state index contributed by atoms with van der Waals surface area (Å²) in [7, 11) is 3.48. The van der Waals surface area contributed by atoms with Crippen molar-refractivity contribution in [3.63, 3.8) is 0 Å².